The van der Waals surface area contributed by atoms with Gasteiger partial charge in [-0.2, -0.15) is 0 Å². The molecule has 1 saturated heterocycles. The topological polar surface area (TPSA) is 58.3 Å². The van der Waals surface area contributed by atoms with Gasteiger partial charge in [0.15, 0.2) is 0 Å². The number of nitrogens with two attached hydrogens (primary N) is 1. The molecule has 3 heteroatoms. The molecule has 1 aliphatic heterocycles. The molecule has 0 amide bonds. The van der Waals surface area contributed by atoms with Crippen LogP contribution in [0.2, 0.25) is 0 Å². The molecule has 0 radical (unpaired) electrons. The summed E-state index contributed by atoms with van der Waals surface area (Å²) in [4.78, 5) is 0. The molecule has 0 aromatic rings. The molecule has 0 aromatic carbocycles. The van der Waals surface area contributed by atoms with Gasteiger partial charge in [-0.15, -0.1) is 0 Å². The van der Waals surface area contributed by atoms with Gasteiger partial charge in [-0.05, 0) is 12.8 Å². The monoisotopic (exact) mass is 156 g/mol. The summed E-state index contributed by atoms with van der Waals surface area (Å²) in [5.41, 5.74) is 5.16. The van der Waals surface area contributed by atoms with Crippen molar-refractivity contribution in [1.82, 2.24) is 5.32 Å². The minimum Gasteiger partial charge on any atom is -0.388 e. The molecule has 0 spiro atoms. The van der Waals surface area contributed by atoms with Crippen molar-refractivity contribution in [3.05, 3.63) is 0 Å². The molecule has 1 aliphatic carbocycles. The van der Waals surface area contributed by atoms with E-state index in [0.29, 0.717) is 0 Å². The zero-order chi connectivity index (χ0) is 7.95. The van der Waals surface area contributed by atoms with Gasteiger partial charge in [-0.3, -0.25) is 0 Å². The predicted octanol–water partition coefficient (Wildman–Crippen LogP) is -0.408. The van der Waals surface area contributed by atoms with Crippen LogP contribution < -0.4 is 11.1 Å². The van der Waals surface area contributed by atoms with Crippen molar-refractivity contribution in [3.8, 4) is 0 Å². The van der Waals surface area contributed by atoms with Crippen molar-refractivity contribution in [2.75, 3.05) is 13.1 Å². The first-order valence-electron chi connectivity index (χ1n) is 4.38. The second-order valence-electron chi connectivity index (χ2n) is 4.00. The molecule has 3 nitrogen and oxygen atoms in total. The van der Waals surface area contributed by atoms with Crippen LogP contribution in [0.4, 0.5) is 0 Å². The predicted molar refractivity (Wildman–Crippen MR) is 43.2 cm³/mol. The van der Waals surface area contributed by atoms with Crippen LogP contribution in [0.25, 0.3) is 0 Å². The lowest BCUT2D eigenvalue weighted by atomic mass is 9.75. The molecule has 0 aromatic heterocycles. The number of rotatable bonds is 1. The van der Waals surface area contributed by atoms with E-state index in [0.717, 1.165) is 38.8 Å². The van der Waals surface area contributed by atoms with Crippen molar-refractivity contribution in [1.29, 1.82) is 0 Å². The van der Waals surface area contributed by atoms with Crippen LogP contribution >= 0.6 is 0 Å². The van der Waals surface area contributed by atoms with Crippen molar-refractivity contribution >= 4 is 0 Å². The molecule has 1 saturated carbocycles. The maximum absolute atomic E-state index is 10.1. The Kier molecular flexibility index (Phi) is 1.50. The minimum atomic E-state index is -0.557. The van der Waals surface area contributed by atoms with Crippen LogP contribution in [-0.2, 0) is 0 Å². The molecule has 2 rings (SSSR count). The lowest BCUT2D eigenvalue weighted by Crippen LogP contribution is -2.76. The van der Waals surface area contributed by atoms with E-state index in [1.807, 2.05) is 0 Å². The summed E-state index contributed by atoms with van der Waals surface area (Å²) in [6.45, 7) is 1.56. The van der Waals surface area contributed by atoms with Gasteiger partial charge in [0.2, 0.25) is 0 Å². The summed E-state index contributed by atoms with van der Waals surface area (Å²) >= 11 is 0. The van der Waals surface area contributed by atoms with Crippen LogP contribution in [0, 0.1) is 0 Å². The highest BCUT2D eigenvalue weighted by atomic mass is 16.3. The Bertz CT molecular complexity index is 159. The van der Waals surface area contributed by atoms with Crippen LogP contribution in [0.3, 0.4) is 0 Å². The fourth-order valence-corrected chi connectivity index (χ4v) is 2.18. The van der Waals surface area contributed by atoms with Crippen LogP contribution in [0.5, 0.6) is 0 Å². The van der Waals surface area contributed by atoms with Crippen LogP contribution in [-0.4, -0.2) is 29.3 Å². The molecule has 0 bridgehead atoms. The number of nitrogens with one attached hydrogen (secondary N) is 1. The quantitative estimate of drug-likeness (QED) is 0.484. The summed E-state index contributed by atoms with van der Waals surface area (Å²) in [7, 11) is 0. The second kappa shape index (κ2) is 2.19. The van der Waals surface area contributed by atoms with Crippen molar-refractivity contribution < 1.29 is 5.11 Å². The van der Waals surface area contributed by atoms with E-state index in [4.69, 9.17) is 5.73 Å². The lowest BCUT2D eigenvalue weighted by Gasteiger charge is -2.49. The molecule has 11 heavy (non-hydrogen) atoms. The average molecular weight is 156 g/mol. The zero-order valence-corrected chi connectivity index (χ0v) is 6.77. The largest absolute Gasteiger partial charge is 0.388 e. The Labute approximate surface area is 67.0 Å². The number of hydrogen-bond donors (Lipinski definition) is 3. The van der Waals surface area contributed by atoms with Gasteiger partial charge < -0.3 is 16.2 Å². The first kappa shape index (κ1) is 7.53. The van der Waals surface area contributed by atoms with E-state index >= 15 is 0 Å². The van der Waals surface area contributed by atoms with Gasteiger partial charge in [-0.1, -0.05) is 12.8 Å². The molecule has 2 aliphatic rings. The Balaban J connectivity index is 2.11. The van der Waals surface area contributed by atoms with Crippen LogP contribution in [0.1, 0.15) is 25.7 Å². The Morgan fingerprint density at radius 1 is 1.18 bits per heavy atom. The Morgan fingerprint density at radius 3 is 2.09 bits per heavy atom. The number of aliphatic hydroxyl groups is 1. The van der Waals surface area contributed by atoms with Crippen molar-refractivity contribution in [2.24, 2.45) is 5.73 Å². The van der Waals surface area contributed by atoms with Gasteiger partial charge in [0.05, 0.1) is 11.1 Å². The molecule has 64 valence electrons. The van der Waals surface area contributed by atoms with Gasteiger partial charge in [0, 0.05) is 13.1 Å². The maximum atomic E-state index is 10.1. The summed E-state index contributed by atoms with van der Waals surface area (Å²) in [5, 5.41) is 13.2. The Morgan fingerprint density at radius 2 is 1.73 bits per heavy atom. The standard InChI is InChI=1S/C8H16N2O/c9-7(5-10-6-7)8(11)3-1-2-4-8/h10-11H,1-6,9H2. The molecular formula is C8H16N2O. The fraction of sp³-hybridized carbons (Fsp3) is 1.00. The highest BCUT2D eigenvalue weighted by molar-refractivity contribution is 5.13. The third kappa shape index (κ3) is 0.916. The van der Waals surface area contributed by atoms with Gasteiger partial charge in [-0.25, -0.2) is 0 Å². The normalized spacial score (nSPS) is 33.3. The highest BCUT2D eigenvalue weighted by Gasteiger charge is 2.52. The van der Waals surface area contributed by atoms with E-state index in [1.165, 1.54) is 0 Å². The fourth-order valence-electron chi connectivity index (χ4n) is 2.18. The van der Waals surface area contributed by atoms with E-state index in [-0.39, 0.29) is 5.54 Å². The average Bonchev–Trinajstić information content (AvgIpc) is 2.32. The summed E-state index contributed by atoms with van der Waals surface area (Å²) < 4.78 is 0. The molecule has 1 heterocycles. The van der Waals surface area contributed by atoms with Gasteiger partial charge >= 0.3 is 0 Å². The molecule has 0 atom stereocenters. The minimum absolute atomic E-state index is 0.316. The summed E-state index contributed by atoms with van der Waals surface area (Å²) in [5.74, 6) is 0. The molecule has 4 N–H and O–H groups in total. The Hall–Kier alpha value is -0.120. The SMILES string of the molecule is NC1(C2(O)CCCC2)CNC1. The molecule has 2 fully saturated rings. The lowest BCUT2D eigenvalue weighted by molar-refractivity contribution is -0.0525. The zero-order valence-electron chi connectivity index (χ0n) is 6.77. The summed E-state index contributed by atoms with van der Waals surface area (Å²) in [6, 6.07) is 0. The van der Waals surface area contributed by atoms with Crippen molar-refractivity contribution in [2.45, 2.75) is 36.8 Å². The van der Waals surface area contributed by atoms with E-state index < -0.39 is 5.60 Å². The van der Waals surface area contributed by atoms with Gasteiger partial charge in [0.25, 0.3) is 0 Å². The van der Waals surface area contributed by atoms with E-state index in [2.05, 4.69) is 5.32 Å². The maximum Gasteiger partial charge on any atom is 0.0851 e. The molecular weight excluding hydrogens is 140 g/mol. The number of hydrogen-bond acceptors (Lipinski definition) is 3. The van der Waals surface area contributed by atoms with E-state index in [9.17, 15) is 5.11 Å². The van der Waals surface area contributed by atoms with Crippen LogP contribution in [0.15, 0.2) is 0 Å². The van der Waals surface area contributed by atoms with Crippen molar-refractivity contribution in [3.63, 3.8) is 0 Å². The highest BCUT2D eigenvalue weighted by Crippen LogP contribution is 2.38. The first-order valence-corrected chi connectivity index (χ1v) is 4.38. The smallest absolute Gasteiger partial charge is 0.0851 e. The summed E-state index contributed by atoms with van der Waals surface area (Å²) in [6.07, 6.45) is 4.06. The third-order valence-electron chi connectivity index (χ3n) is 3.24. The second-order valence-corrected chi connectivity index (χ2v) is 4.00. The third-order valence-corrected chi connectivity index (χ3v) is 3.24. The molecule has 0 unspecified atom stereocenters. The first-order chi connectivity index (χ1) is 5.16. The van der Waals surface area contributed by atoms with Gasteiger partial charge in [0.1, 0.15) is 0 Å². The van der Waals surface area contributed by atoms with E-state index in [1.54, 1.807) is 0 Å².